The van der Waals surface area contributed by atoms with Gasteiger partial charge in [0.25, 0.3) is 5.69 Å². The molecule has 0 spiro atoms. The van der Waals surface area contributed by atoms with E-state index in [0.717, 1.165) is 11.0 Å². The zero-order valence-corrected chi connectivity index (χ0v) is 17.8. The van der Waals surface area contributed by atoms with Crippen molar-refractivity contribution in [3.63, 3.8) is 0 Å². The van der Waals surface area contributed by atoms with Gasteiger partial charge in [0.1, 0.15) is 12.2 Å². The van der Waals surface area contributed by atoms with Gasteiger partial charge in [0, 0.05) is 43.8 Å². The predicted octanol–water partition coefficient (Wildman–Crippen LogP) is 2.73. The molecule has 1 aliphatic heterocycles. The summed E-state index contributed by atoms with van der Waals surface area (Å²) in [4.78, 5) is 40.2. The molecule has 0 saturated carbocycles. The Kier molecular flexibility index (Phi) is 5.69. The summed E-state index contributed by atoms with van der Waals surface area (Å²) in [5, 5.41) is 11.7. The van der Waals surface area contributed by atoms with E-state index in [4.69, 9.17) is 11.6 Å². The molecule has 1 saturated heterocycles. The monoisotopic (exact) mass is 443 g/mol. The van der Waals surface area contributed by atoms with Gasteiger partial charge in [-0.3, -0.25) is 24.0 Å². The Morgan fingerprint density at radius 1 is 1.06 bits per heavy atom. The molecule has 162 valence electrons. The molecular formula is C21H22ClN5O4. The Morgan fingerprint density at radius 3 is 2.32 bits per heavy atom. The number of hydrogen-bond donors (Lipinski definition) is 0. The highest BCUT2D eigenvalue weighted by molar-refractivity contribution is 6.30. The number of para-hydroxylation sites is 2. The van der Waals surface area contributed by atoms with Crippen LogP contribution in [0, 0.1) is 10.1 Å². The van der Waals surface area contributed by atoms with Crippen LogP contribution in [-0.2, 0) is 17.9 Å². The molecule has 0 N–H and O–H groups in total. The van der Waals surface area contributed by atoms with E-state index in [-0.39, 0.29) is 23.8 Å². The predicted molar refractivity (Wildman–Crippen MR) is 119 cm³/mol. The van der Waals surface area contributed by atoms with Crippen molar-refractivity contribution in [3.05, 3.63) is 68.1 Å². The Labute approximate surface area is 183 Å². The first kappa shape index (κ1) is 20.9. The largest absolute Gasteiger partial charge is 0.362 e. The molecule has 0 unspecified atom stereocenters. The summed E-state index contributed by atoms with van der Waals surface area (Å²) in [6.07, 6.45) is 0. The molecule has 1 amide bonds. The summed E-state index contributed by atoms with van der Waals surface area (Å²) in [5.74, 6) is -0.147. The Bertz CT molecular complexity index is 1210. The number of amides is 1. The lowest BCUT2D eigenvalue weighted by atomic mass is 10.2. The average Bonchev–Trinajstić information content (AvgIpc) is 3.04. The van der Waals surface area contributed by atoms with Gasteiger partial charge in [-0.2, -0.15) is 0 Å². The summed E-state index contributed by atoms with van der Waals surface area (Å²) in [6.45, 7) is 4.14. The van der Waals surface area contributed by atoms with Gasteiger partial charge in [-0.1, -0.05) is 23.7 Å². The molecule has 9 nitrogen and oxygen atoms in total. The first-order chi connectivity index (χ1) is 14.9. The Hall–Kier alpha value is -3.33. The second-order valence-corrected chi connectivity index (χ2v) is 7.80. The third-order valence-electron chi connectivity index (χ3n) is 5.64. The van der Waals surface area contributed by atoms with E-state index in [0.29, 0.717) is 43.4 Å². The second kappa shape index (κ2) is 8.43. The SMILES string of the molecule is CCn1c(=O)n(CC(=O)N2CCN(c3ccc(Cl)cc3[N+](=O)[O-])CC2)c2ccccc21. The lowest BCUT2D eigenvalue weighted by molar-refractivity contribution is -0.384. The average molecular weight is 444 g/mol. The van der Waals surface area contributed by atoms with Crippen LogP contribution in [0.3, 0.4) is 0 Å². The number of anilines is 1. The number of halogens is 1. The van der Waals surface area contributed by atoms with Crippen LogP contribution in [0.15, 0.2) is 47.3 Å². The maximum atomic E-state index is 12.9. The minimum atomic E-state index is -0.450. The number of carbonyl (C=O) groups is 1. The fraction of sp³-hybridized carbons (Fsp3) is 0.333. The first-order valence-electron chi connectivity index (χ1n) is 10.1. The van der Waals surface area contributed by atoms with Crippen LogP contribution < -0.4 is 10.6 Å². The molecular weight excluding hydrogens is 422 g/mol. The van der Waals surface area contributed by atoms with E-state index in [1.807, 2.05) is 36.1 Å². The number of nitrogens with zero attached hydrogens (tertiary/aromatic N) is 5. The smallest absolute Gasteiger partial charge is 0.329 e. The number of hydrogen-bond acceptors (Lipinski definition) is 5. The van der Waals surface area contributed by atoms with Crippen LogP contribution in [0.4, 0.5) is 11.4 Å². The van der Waals surface area contributed by atoms with Gasteiger partial charge in [-0.15, -0.1) is 0 Å². The van der Waals surface area contributed by atoms with Crippen molar-refractivity contribution in [2.24, 2.45) is 0 Å². The molecule has 0 bridgehead atoms. The van der Waals surface area contributed by atoms with Crippen LogP contribution in [0.5, 0.6) is 0 Å². The number of piperazine rings is 1. The van der Waals surface area contributed by atoms with Crippen LogP contribution >= 0.6 is 11.6 Å². The fourth-order valence-electron chi connectivity index (χ4n) is 4.07. The molecule has 1 aromatic heterocycles. The van der Waals surface area contributed by atoms with E-state index in [1.165, 1.54) is 10.6 Å². The molecule has 4 rings (SSSR count). The molecule has 0 aliphatic carbocycles. The van der Waals surface area contributed by atoms with E-state index in [1.54, 1.807) is 21.6 Å². The zero-order valence-electron chi connectivity index (χ0n) is 17.0. The van der Waals surface area contributed by atoms with Crippen molar-refractivity contribution in [2.45, 2.75) is 20.0 Å². The van der Waals surface area contributed by atoms with E-state index >= 15 is 0 Å². The number of nitro groups is 1. The molecule has 31 heavy (non-hydrogen) atoms. The zero-order chi connectivity index (χ0) is 22.1. The second-order valence-electron chi connectivity index (χ2n) is 7.36. The maximum absolute atomic E-state index is 12.9. The highest BCUT2D eigenvalue weighted by atomic mass is 35.5. The lowest BCUT2D eigenvalue weighted by Crippen LogP contribution is -2.50. The third kappa shape index (κ3) is 3.88. The van der Waals surface area contributed by atoms with Gasteiger partial charge in [0.15, 0.2) is 0 Å². The number of aromatic nitrogens is 2. The summed E-state index contributed by atoms with van der Waals surface area (Å²) in [7, 11) is 0. The third-order valence-corrected chi connectivity index (χ3v) is 5.88. The number of carbonyl (C=O) groups excluding carboxylic acids is 1. The summed E-state index contributed by atoms with van der Waals surface area (Å²) < 4.78 is 3.16. The van der Waals surface area contributed by atoms with Crippen LogP contribution in [-0.4, -0.2) is 51.0 Å². The normalized spacial score (nSPS) is 14.3. The summed E-state index contributed by atoms with van der Waals surface area (Å²) >= 11 is 5.90. The Morgan fingerprint density at radius 2 is 1.71 bits per heavy atom. The van der Waals surface area contributed by atoms with Crippen LogP contribution in [0.25, 0.3) is 11.0 Å². The van der Waals surface area contributed by atoms with Crippen LogP contribution in [0.2, 0.25) is 5.02 Å². The van der Waals surface area contributed by atoms with Gasteiger partial charge in [-0.05, 0) is 31.2 Å². The molecule has 10 heteroatoms. The highest BCUT2D eigenvalue weighted by Gasteiger charge is 2.27. The van der Waals surface area contributed by atoms with Crippen molar-refractivity contribution in [2.75, 3.05) is 31.1 Å². The molecule has 2 aromatic carbocycles. The van der Waals surface area contributed by atoms with E-state index in [9.17, 15) is 19.7 Å². The van der Waals surface area contributed by atoms with Gasteiger partial charge in [0.05, 0.1) is 16.0 Å². The minimum absolute atomic E-state index is 0.0343. The van der Waals surface area contributed by atoms with Gasteiger partial charge >= 0.3 is 5.69 Å². The van der Waals surface area contributed by atoms with Gasteiger partial charge < -0.3 is 9.80 Å². The van der Waals surface area contributed by atoms with E-state index in [2.05, 4.69) is 0 Å². The van der Waals surface area contributed by atoms with Crippen molar-refractivity contribution < 1.29 is 9.72 Å². The first-order valence-corrected chi connectivity index (χ1v) is 10.4. The molecule has 0 atom stereocenters. The van der Waals surface area contributed by atoms with E-state index < -0.39 is 4.92 Å². The number of rotatable bonds is 5. The summed E-state index contributed by atoms with van der Waals surface area (Å²) in [6, 6.07) is 12.0. The van der Waals surface area contributed by atoms with Crippen LogP contribution in [0.1, 0.15) is 6.92 Å². The Balaban J connectivity index is 1.49. The number of nitro benzene ring substituents is 1. The standard InChI is InChI=1S/C21H22ClN5O4/c1-2-25-17-5-3-4-6-18(17)26(21(25)29)14-20(28)24-11-9-23(10-12-24)16-8-7-15(22)13-19(16)27(30)31/h3-8,13H,2,9-12,14H2,1H3. The van der Waals surface area contributed by atoms with Crippen molar-refractivity contribution >= 4 is 39.9 Å². The van der Waals surface area contributed by atoms with Crippen molar-refractivity contribution in [3.8, 4) is 0 Å². The minimum Gasteiger partial charge on any atom is -0.362 e. The van der Waals surface area contributed by atoms with Crippen molar-refractivity contribution in [1.29, 1.82) is 0 Å². The maximum Gasteiger partial charge on any atom is 0.329 e. The van der Waals surface area contributed by atoms with Gasteiger partial charge in [0.2, 0.25) is 5.91 Å². The van der Waals surface area contributed by atoms with Gasteiger partial charge in [-0.25, -0.2) is 4.79 Å². The molecule has 2 heterocycles. The fourth-order valence-corrected chi connectivity index (χ4v) is 4.24. The van der Waals surface area contributed by atoms with Crippen molar-refractivity contribution in [1.82, 2.24) is 14.0 Å². The molecule has 1 aliphatic rings. The number of imidazole rings is 1. The highest BCUT2D eigenvalue weighted by Crippen LogP contribution is 2.31. The number of fused-ring (bicyclic) bond motifs is 1. The molecule has 1 fully saturated rings. The molecule has 3 aromatic rings. The quantitative estimate of drug-likeness (QED) is 0.446. The molecule has 0 radical (unpaired) electrons. The summed E-state index contributed by atoms with van der Waals surface area (Å²) in [5.41, 5.74) is 1.78. The number of benzene rings is 2. The number of aryl methyl sites for hydroxylation is 1. The topological polar surface area (TPSA) is 93.6 Å². The lowest BCUT2D eigenvalue weighted by Gasteiger charge is -2.35.